The van der Waals surface area contributed by atoms with Crippen LogP contribution in [0.2, 0.25) is 0 Å². The number of carbonyl (C=O) groups is 2. The van der Waals surface area contributed by atoms with Crippen molar-refractivity contribution in [2.24, 2.45) is 0 Å². The van der Waals surface area contributed by atoms with Crippen molar-refractivity contribution in [3.8, 4) is 5.75 Å². The van der Waals surface area contributed by atoms with Crippen LogP contribution in [0.25, 0.3) is 5.76 Å². The molecule has 1 fully saturated rings. The monoisotopic (exact) mass is 440 g/mol. The highest BCUT2D eigenvalue weighted by molar-refractivity contribution is 6.46. The molecule has 166 valence electrons. The number of carbonyl (C=O) groups excluding carboxylic acids is 2. The molecule has 1 N–H and O–H groups in total. The van der Waals surface area contributed by atoms with Crippen molar-refractivity contribution in [2.75, 3.05) is 6.61 Å². The molecule has 0 bridgehead atoms. The van der Waals surface area contributed by atoms with Crippen molar-refractivity contribution < 1.29 is 19.4 Å². The first kappa shape index (κ1) is 22.0. The van der Waals surface area contributed by atoms with Crippen LogP contribution in [0.15, 0.2) is 91.3 Å². The molecule has 1 unspecified atom stereocenters. The molecule has 1 amide bonds. The number of amides is 1. The molecule has 1 aliphatic rings. The van der Waals surface area contributed by atoms with Crippen LogP contribution in [0.1, 0.15) is 28.3 Å². The van der Waals surface area contributed by atoms with E-state index in [0.717, 1.165) is 16.7 Å². The maximum absolute atomic E-state index is 13.1. The Morgan fingerprint density at radius 1 is 1.06 bits per heavy atom. The van der Waals surface area contributed by atoms with Gasteiger partial charge in [0.2, 0.25) is 0 Å². The lowest BCUT2D eigenvalue weighted by molar-refractivity contribution is -0.140. The third-order valence-electron chi connectivity index (χ3n) is 5.53. The van der Waals surface area contributed by atoms with Crippen LogP contribution in [0.4, 0.5) is 0 Å². The molecule has 1 atom stereocenters. The summed E-state index contributed by atoms with van der Waals surface area (Å²) in [5.74, 6) is -0.963. The van der Waals surface area contributed by atoms with Gasteiger partial charge in [0.05, 0.1) is 11.6 Å². The summed E-state index contributed by atoms with van der Waals surface area (Å²) in [6, 6.07) is 17.2. The average molecular weight is 440 g/mol. The number of rotatable bonds is 7. The van der Waals surface area contributed by atoms with E-state index in [0.29, 0.717) is 17.9 Å². The fourth-order valence-electron chi connectivity index (χ4n) is 3.84. The maximum Gasteiger partial charge on any atom is 0.295 e. The number of likely N-dealkylation sites (tertiary alicyclic amines) is 1. The summed E-state index contributed by atoms with van der Waals surface area (Å²) in [5.41, 5.74) is 3.15. The van der Waals surface area contributed by atoms with Crippen molar-refractivity contribution in [1.29, 1.82) is 0 Å². The van der Waals surface area contributed by atoms with Gasteiger partial charge >= 0.3 is 0 Å². The predicted octanol–water partition coefficient (Wildman–Crippen LogP) is 4.58. The number of aromatic nitrogens is 1. The lowest BCUT2D eigenvalue weighted by Gasteiger charge is -2.25. The minimum atomic E-state index is -0.713. The van der Waals surface area contributed by atoms with Gasteiger partial charge in [-0.15, -0.1) is 0 Å². The third-order valence-corrected chi connectivity index (χ3v) is 5.53. The molecule has 1 aromatic heterocycles. The zero-order chi connectivity index (χ0) is 23.4. The van der Waals surface area contributed by atoms with Gasteiger partial charge in [-0.05, 0) is 54.4 Å². The Bertz CT molecular complexity index is 1200. The summed E-state index contributed by atoms with van der Waals surface area (Å²) in [7, 11) is 0. The van der Waals surface area contributed by atoms with Crippen molar-refractivity contribution in [2.45, 2.75) is 19.5 Å². The number of aliphatic hydroxyl groups is 1. The first-order valence-corrected chi connectivity index (χ1v) is 10.6. The molecule has 1 aliphatic heterocycles. The van der Waals surface area contributed by atoms with Crippen molar-refractivity contribution >= 4 is 17.4 Å². The van der Waals surface area contributed by atoms with Gasteiger partial charge < -0.3 is 14.7 Å². The average Bonchev–Trinajstić information content (AvgIpc) is 3.08. The van der Waals surface area contributed by atoms with Crippen molar-refractivity contribution in [1.82, 2.24) is 9.88 Å². The number of nitrogens with zero attached hydrogens (tertiary/aromatic N) is 2. The zero-order valence-electron chi connectivity index (χ0n) is 18.3. The second-order valence-corrected chi connectivity index (χ2v) is 7.82. The number of hydrogen-bond acceptors (Lipinski definition) is 5. The fourth-order valence-corrected chi connectivity index (χ4v) is 3.84. The van der Waals surface area contributed by atoms with Gasteiger partial charge in [-0.2, -0.15) is 0 Å². The number of ketones is 1. The Morgan fingerprint density at radius 2 is 1.73 bits per heavy atom. The van der Waals surface area contributed by atoms with E-state index in [-0.39, 0.29) is 17.9 Å². The first-order chi connectivity index (χ1) is 16.0. The largest absolute Gasteiger partial charge is 0.507 e. The van der Waals surface area contributed by atoms with Crippen molar-refractivity contribution in [3.63, 3.8) is 0 Å². The van der Waals surface area contributed by atoms with E-state index in [1.165, 1.54) is 4.90 Å². The summed E-state index contributed by atoms with van der Waals surface area (Å²) in [4.78, 5) is 31.7. The van der Waals surface area contributed by atoms with Crippen LogP contribution < -0.4 is 4.74 Å². The quantitative estimate of drug-likeness (QED) is 0.252. The molecule has 4 rings (SSSR count). The van der Waals surface area contributed by atoms with Crippen molar-refractivity contribution in [3.05, 3.63) is 114 Å². The molecule has 3 aromatic rings. The Hall–Kier alpha value is -4.19. The number of Topliss-reactive ketones (excluding diaryl/α,β-unsaturated/α-hetero) is 1. The summed E-state index contributed by atoms with van der Waals surface area (Å²) in [6.45, 7) is 6.16. The summed E-state index contributed by atoms with van der Waals surface area (Å²) in [6.07, 6.45) is 4.92. The van der Waals surface area contributed by atoms with Gasteiger partial charge in [-0.3, -0.25) is 14.6 Å². The van der Waals surface area contributed by atoms with Crippen LogP contribution in [-0.4, -0.2) is 33.3 Å². The highest BCUT2D eigenvalue weighted by atomic mass is 16.5. The minimum absolute atomic E-state index is 0.0673. The van der Waals surface area contributed by atoms with E-state index >= 15 is 0 Å². The molecule has 0 saturated carbocycles. The van der Waals surface area contributed by atoms with E-state index in [1.54, 1.807) is 54.9 Å². The van der Waals surface area contributed by atoms with Gasteiger partial charge in [0.25, 0.3) is 11.7 Å². The normalized spacial score (nSPS) is 17.2. The Balaban J connectivity index is 1.78. The maximum atomic E-state index is 13.1. The van der Waals surface area contributed by atoms with Crippen LogP contribution in [-0.2, 0) is 16.1 Å². The van der Waals surface area contributed by atoms with E-state index in [4.69, 9.17) is 4.74 Å². The first-order valence-electron chi connectivity index (χ1n) is 10.6. The molecule has 6 heteroatoms. The van der Waals surface area contributed by atoms with Gasteiger partial charge in [0.15, 0.2) is 0 Å². The number of aliphatic hydroxyl groups excluding tert-OH is 1. The topological polar surface area (TPSA) is 79.7 Å². The number of hydrogen-bond donors (Lipinski definition) is 1. The molecule has 6 nitrogen and oxygen atoms in total. The van der Waals surface area contributed by atoms with Crippen LogP contribution in [0.3, 0.4) is 0 Å². The van der Waals surface area contributed by atoms with Gasteiger partial charge in [-0.25, -0.2) is 0 Å². The molecular weight excluding hydrogens is 416 g/mol. The Morgan fingerprint density at radius 3 is 2.36 bits per heavy atom. The second kappa shape index (κ2) is 9.53. The summed E-state index contributed by atoms with van der Waals surface area (Å²) >= 11 is 0. The number of aryl methyl sites for hydroxylation is 1. The Labute approximate surface area is 192 Å². The SMILES string of the molecule is C=CCOc1ccc(/C(O)=C2\C(=O)C(=O)N(Cc3ccncc3)C2c2ccc(C)cc2)cc1. The highest BCUT2D eigenvalue weighted by Crippen LogP contribution is 2.40. The molecule has 2 heterocycles. The number of benzene rings is 2. The van der Waals surface area contributed by atoms with Gasteiger partial charge in [0, 0.05) is 24.5 Å². The molecule has 2 aromatic carbocycles. The molecule has 0 spiro atoms. The molecule has 0 radical (unpaired) electrons. The molecule has 33 heavy (non-hydrogen) atoms. The third kappa shape index (κ3) is 4.55. The highest BCUT2D eigenvalue weighted by Gasteiger charge is 2.46. The summed E-state index contributed by atoms with van der Waals surface area (Å²) < 4.78 is 5.49. The lowest BCUT2D eigenvalue weighted by Crippen LogP contribution is -2.29. The Kier molecular flexibility index (Phi) is 6.36. The van der Waals surface area contributed by atoms with Gasteiger partial charge in [-0.1, -0.05) is 42.5 Å². The number of pyridine rings is 1. The number of ether oxygens (including phenoxy) is 1. The molecular formula is C27H24N2O4. The standard InChI is InChI=1S/C27H24N2O4/c1-3-16-33-22-10-8-21(9-11-22)25(30)23-24(20-6-4-18(2)5-7-20)29(27(32)26(23)31)17-19-12-14-28-15-13-19/h3-15,24,30H,1,16-17H2,2H3/b25-23+. The molecule has 1 saturated heterocycles. The fraction of sp³-hybridized carbons (Fsp3) is 0.148. The molecule has 0 aliphatic carbocycles. The van der Waals surface area contributed by atoms with E-state index in [1.807, 2.05) is 31.2 Å². The van der Waals surface area contributed by atoms with E-state index in [2.05, 4.69) is 11.6 Å². The lowest BCUT2D eigenvalue weighted by atomic mass is 9.94. The minimum Gasteiger partial charge on any atom is -0.507 e. The van der Waals surface area contributed by atoms with E-state index < -0.39 is 17.7 Å². The smallest absolute Gasteiger partial charge is 0.295 e. The zero-order valence-corrected chi connectivity index (χ0v) is 18.3. The predicted molar refractivity (Wildman–Crippen MR) is 125 cm³/mol. The van der Waals surface area contributed by atoms with Crippen LogP contribution >= 0.6 is 0 Å². The summed E-state index contributed by atoms with van der Waals surface area (Å²) in [5, 5.41) is 11.2. The second-order valence-electron chi connectivity index (χ2n) is 7.82. The van der Waals surface area contributed by atoms with E-state index in [9.17, 15) is 14.7 Å². The van der Waals surface area contributed by atoms with Gasteiger partial charge in [0.1, 0.15) is 18.1 Å². The van der Waals surface area contributed by atoms with Crippen LogP contribution in [0, 0.1) is 6.92 Å². The van der Waals surface area contributed by atoms with Crippen LogP contribution in [0.5, 0.6) is 5.75 Å².